The molecular formula is C20H24ClNO3. The molecule has 1 amide bonds. The summed E-state index contributed by atoms with van der Waals surface area (Å²) in [7, 11) is 0. The Labute approximate surface area is 153 Å². The highest BCUT2D eigenvalue weighted by Crippen LogP contribution is 2.58. The van der Waals surface area contributed by atoms with Crippen molar-refractivity contribution in [2.75, 3.05) is 0 Å². The molecule has 4 nitrogen and oxygen atoms in total. The molecule has 5 aliphatic rings. The van der Waals surface area contributed by atoms with Gasteiger partial charge in [0.05, 0.1) is 5.60 Å². The van der Waals surface area contributed by atoms with E-state index in [0.29, 0.717) is 10.8 Å². The molecule has 0 aromatic heterocycles. The number of halogens is 1. The van der Waals surface area contributed by atoms with Crippen LogP contribution < -0.4 is 10.1 Å². The number of aliphatic hydroxyl groups is 1. The predicted octanol–water partition coefficient (Wildman–Crippen LogP) is 3.39. The molecular weight excluding hydrogens is 338 g/mol. The first-order valence-electron chi connectivity index (χ1n) is 8.87. The summed E-state index contributed by atoms with van der Waals surface area (Å²) in [5.41, 5.74) is 0.796. The van der Waals surface area contributed by atoms with Crippen molar-refractivity contribution in [3.63, 3.8) is 0 Å². The minimum atomic E-state index is -0.979. The quantitative estimate of drug-likeness (QED) is 0.808. The number of hydrogen-bond donors (Lipinski definition) is 2. The molecule has 6 rings (SSSR count). The zero-order valence-corrected chi connectivity index (χ0v) is 15.6. The number of amides is 1. The third-order valence-electron chi connectivity index (χ3n) is 5.99. The molecule has 3 saturated carbocycles. The van der Waals surface area contributed by atoms with E-state index in [4.69, 9.17) is 16.3 Å². The fraction of sp³-hybridized carbons (Fsp3) is 0.550. The third kappa shape index (κ3) is 2.76. The van der Waals surface area contributed by atoms with Gasteiger partial charge in [-0.05, 0) is 63.8 Å². The van der Waals surface area contributed by atoms with Crippen LogP contribution in [-0.2, 0) is 4.79 Å². The van der Waals surface area contributed by atoms with Crippen molar-refractivity contribution in [2.45, 2.75) is 57.3 Å². The first kappa shape index (κ1) is 16.9. The molecule has 0 spiro atoms. The van der Waals surface area contributed by atoms with Crippen LogP contribution in [0.25, 0.3) is 0 Å². The van der Waals surface area contributed by atoms with E-state index in [2.05, 4.69) is 11.4 Å². The summed E-state index contributed by atoms with van der Waals surface area (Å²) in [5, 5.41) is 14.3. The van der Waals surface area contributed by atoms with E-state index in [0.717, 1.165) is 24.8 Å². The first-order valence-corrected chi connectivity index (χ1v) is 9.25. The number of fused-ring (bicyclic) bond motifs is 1. The monoisotopic (exact) mass is 361 g/mol. The molecule has 5 heteroatoms. The predicted molar refractivity (Wildman–Crippen MR) is 96.7 cm³/mol. The van der Waals surface area contributed by atoms with E-state index in [1.807, 2.05) is 13.0 Å². The Hall–Kier alpha value is -1.52. The molecule has 3 fully saturated rings. The minimum Gasteiger partial charge on any atom is -0.478 e. The van der Waals surface area contributed by atoms with Crippen LogP contribution in [0, 0.1) is 18.8 Å². The van der Waals surface area contributed by atoms with Gasteiger partial charge in [-0.25, -0.2) is 0 Å². The molecule has 0 radical (unpaired) electrons. The molecule has 0 aliphatic heterocycles. The minimum absolute atomic E-state index is 0.119. The Kier molecular flexibility index (Phi) is 3.71. The van der Waals surface area contributed by atoms with Crippen molar-refractivity contribution in [2.24, 2.45) is 11.8 Å². The lowest BCUT2D eigenvalue weighted by molar-refractivity contribution is -0.140. The van der Waals surface area contributed by atoms with E-state index in [1.165, 1.54) is 5.57 Å². The van der Waals surface area contributed by atoms with E-state index in [9.17, 15) is 9.90 Å². The molecule has 134 valence electrons. The van der Waals surface area contributed by atoms with Crippen LogP contribution in [-0.4, -0.2) is 28.3 Å². The molecule has 4 atom stereocenters. The van der Waals surface area contributed by atoms with Gasteiger partial charge < -0.3 is 15.2 Å². The van der Waals surface area contributed by atoms with E-state index < -0.39 is 11.2 Å². The maximum atomic E-state index is 12.8. The smallest absolute Gasteiger partial charge is 0.263 e. The topological polar surface area (TPSA) is 58.6 Å². The molecule has 0 saturated heterocycles. The SMILES string of the molecule is Cc1cc(Cl)ccc1OC(C)(C)C(=O)N[C@@H]1[C@@H]2C[C@]3(O)CC=C2[C@@H]1C3. The van der Waals surface area contributed by atoms with E-state index in [-0.39, 0.29) is 23.8 Å². The number of hydrogen-bond acceptors (Lipinski definition) is 3. The summed E-state index contributed by atoms with van der Waals surface area (Å²) in [6.45, 7) is 5.48. The maximum Gasteiger partial charge on any atom is 0.263 e. The summed E-state index contributed by atoms with van der Waals surface area (Å²) in [6, 6.07) is 5.50. The van der Waals surface area contributed by atoms with Crippen molar-refractivity contribution in [3.8, 4) is 5.75 Å². The summed E-state index contributed by atoms with van der Waals surface area (Å²) in [6.07, 6.45) is 4.46. The summed E-state index contributed by atoms with van der Waals surface area (Å²) < 4.78 is 5.99. The highest BCUT2D eigenvalue weighted by molar-refractivity contribution is 6.30. The highest BCUT2D eigenvalue weighted by atomic mass is 35.5. The maximum absolute atomic E-state index is 12.8. The Bertz CT molecular complexity index is 754. The van der Waals surface area contributed by atoms with Gasteiger partial charge in [-0.2, -0.15) is 0 Å². The van der Waals surface area contributed by atoms with Gasteiger partial charge in [0.1, 0.15) is 5.75 Å². The van der Waals surface area contributed by atoms with Crippen LogP contribution >= 0.6 is 11.6 Å². The summed E-state index contributed by atoms with van der Waals surface area (Å²) in [4.78, 5) is 12.8. The first-order chi connectivity index (χ1) is 11.7. The number of aryl methyl sites for hydroxylation is 1. The second-order valence-corrected chi connectivity index (χ2v) is 8.71. The van der Waals surface area contributed by atoms with E-state index in [1.54, 1.807) is 26.0 Å². The van der Waals surface area contributed by atoms with Gasteiger partial charge in [0.2, 0.25) is 0 Å². The average molecular weight is 362 g/mol. The van der Waals surface area contributed by atoms with Crippen LogP contribution in [0.15, 0.2) is 29.8 Å². The van der Waals surface area contributed by atoms with Gasteiger partial charge in [0.25, 0.3) is 5.91 Å². The number of carbonyl (C=O) groups is 1. The molecule has 0 unspecified atom stereocenters. The van der Waals surface area contributed by atoms with Crippen molar-refractivity contribution in [3.05, 3.63) is 40.4 Å². The lowest BCUT2D eigenvalue weighted by Gasteiger charge is -2.60. The molecule has 4 bridgehead atoms. The fourth-order valence-electron chi connectivity index (χ4n) is 4.60. The lowest BCUT2D eigenvalue weighted by atomic mass is 9.49. The Morgan fingerprint density at radius 3 is 2.64 bits per heavy atom. The van der Waals surface area contributed by atoms with Gasteiger partial charge in [-0.1, -0.05) is 23.3 Å². The zero-order valence-electron chi connectivity index (χ0n) is 14.8. The number of nitrogens with one attached hydrogen (secondary N) is 1. The van der Waals surface area contributed by atoms with Gasteiger partial charge in [-0.3, -0.25) is 4.79 Å². The highest BCUT2D eigenvalue weighted by Gasteiger charge is 2.59. The number of rotatable bonds is 4. The van der Waals surface area contributed by atoms with Gasteiger partial charge in [-0.15, -0.1) is 0 Å². The number of benzene rings is 1. The van der Waals surface area contributed by atoms with Crippen molar-refractivity contribution in [1.29, 1.82) is 0 Å². The molecule has 0 heterocycles. The van der Waals surface area contributed by atoms with Crippen LogP contribution in [0.3, 0.4) is 0 Å². The van der Waals surface area contributed by atoms with Crippen molar-refractivity contribution >= 4 is 17.5 Å². The Morgan fingerprint density at radius 1 is 1.36 bits per heavy atom. The lowest BCUT2D eigenvalue weighted by Crippen LogP contribution is -2.67. The van der Waals surface area contributed by atoms with Gasteiger partial charge in [0, 0.05) is 22.9 Å². The zero-order chi connectivity index (χ0) is 18.0. The molecule has 5 aliphatic carbocycles. The van der Waals surface area contributed by atoms with Gasteiger partial charge in [0.15, 0.2) is 5.60 Å². The van der Waals surface area contributed by atoms with Gasteiger partial charge >= 0.3 is 0 Å². The Morgan fingerprint density at radius 2 is 2.04 bits per heavy atom. The van der Waals surface area contributed by atoms with Crippen molar-refractivity contribution in [1.82, 2.24) is 5.32 Å². The second kappa shape index (κ2) is 5.49. The van der Waals surface area contributed by atoms with Crippen LogP contribution in [0.2, 0.25) is 5.02 Å². The molecule has 25 heavy (non-hydrogen) atoms. The molecule has 1 aromatic rings. The standard InChI is InChI=1S/C20H24ClNO3/c1-11-8-12(21)4-5-16(11)25-19(2,3)18(23)22-17-14-9-20(24)7-6-13(14)15(17)10-20/h4-6,8,14-15,17,24H,7,9-10H2,1-3H3,(H,22,23)/t14-,15+,17-,20-. The normalized spacial score (nSPS) is 32.7. The van der Waals surface area contributed by atoms with Crippen LogP contribution in [0.4, 0.5) is 0 Å². The number of ether oxygens (including phenoxy) is 1. The third-order valence-corrected chi connectivity index (χ3v) is 6.22. The van der Waals surface area contributed by atoms with Crippen molar-refractivity contribution < 1.29 is 14.6 Å². The van der Waals surface area contributed by atoms with Crippen LogP contribution in [0.5, 0.6) is 5.75 Å². The summed E-state index contributed by atoms with van der Waals surface area (Å²) in [5.74, 6) is 1.12. The fourth-order valence-corrected chi connectivity index (χ4v) is 4.82. The largest absolute Gasteiger partial charge is 0.478 e. The average Bonchev–Trinajstić information content (AvgIpc) is 2.54. The van der Waals surface area contributed by atoms with Crippen LogP contribution in [0.1, 0.15) is 38.7 Å². The Balaban J connectivity index is 1.44. The molecule has 2 N–H and O–H groups in total. The summed E-state index contributed by atoms with van der Waals surface area (Å²) >= 11 is 5.98. The second-order valence-electron chi connectivity index (χ2n) is 8.28. The molecule has 1 aromatic carbocycles. The van der Waals surface area contributed by atoms with E-state index >= 15 is 0 Å². The number of carbonyl (C=O) groups excluding carboxylic acids is 1.